The van der Waals surface area contributed by atoms with Crippen molar-refractivity contribution in [2.45, 2.75) is 44.1 Å². The van der Waals surface area contributed by atoms with E-state index in [2.05, 4.69) is 10.5 Å². The summed E-state index contributed by atoms with van der Waals surface area (Å²) in [5.74, 6) is 0.267. The summed E-state index contributed by atoms with van der Waals surface area (Å²) in [5, 5.41) is 17.1. The highest BCUT2D eigenvalue weighted by atomic mass is 19.1. The van der Waals surface area contributed by atoms with Gasteiger partial charge in [-0.2, -0.15) is 0 Å². The van der Waals surface area contributed by atoms with Gasteiger partial charge in [0.15, 0.2) is 0 Å². The summed E-state index contributed by atoms with van der Waals surface area (Å²) in [5.41, 5.74) is 2.80. The van der Waals surface area contributed by atoms with E-state index in [1.54, 1.807) is 24.3 Å². The maximum absolute atomic E-state index is 13.4. The molecule has 0 amide bonds. The first-order valence-corrected chi connectivity index (χ1v) is 10.0. The number of aromatic nitrogens is 1. The summed E-state index contributed by atoms with van der Waals surface area (Å²) in [6.45, 7) is 0.758. The number of nitrogens with zero attached hydrogens (tertiary/aromatic N) is 1. The van der Waals surface area contributed by atoms with Crippen LogP contribution in [0.4, 0.5) is 8.78 Å². The lowest BCUT2D eigenvalue weighted by Crippen LogP contribution is -2.25. The van der Waals surface area contributed by atoms with E-state index in [0.717, 1.165) is 61.1 Å². The third-order valence-electron chi connectivity index (χ3n) is 5.63. The minimum Gasteiger partial charge on any atom is -0.491 e. The Morgan fingerprint density at radius 3 is 2.28 bits per heavy atom. The molecule has 2 aromatic carbocycles. The summed E-state index contributed by atoms with van der Waals surface area (Å²) < 4.78 is 31.9. The van der Waals surface area contributed by atoms with Crippen LogP contribution in [-0.4, -0.2) is 16.8 Å². The SMILES string of the molecule is Oc1noc2c1C(NCCCC(c1ccc(F)cc1)c1ccc(F)cc1)CCC2. The van der Waals surface area contributed by atoms with Crippen molar-refractivity contribution in [1.29, 1.82) is 0 Å². The van der Waals surface area contributed by atoms with Gasteiger partial charge in [0.2, 0.25) is 0 Å². The van der Waals surface area contributed by atoms with Crippen molar-refractivity contribution in [3.63, 3.8) is 0 Å². The highest BCUT2D eigenvalue weighted by Gasteiger charge is 2.27. The molecule has 1 heterocycles. The van der Waals surface area contributed by atoms with Crippen molar-refractivity contribution in [2.75, 3.05) is 6.54 Å². The second-order valence-electron chi connectivity index (χ2n) is 7.54. The minimum atomic E-state index is -0.269. The van der Waals surface area contributed by atoms with Gasteiger partial charge in [0.1, 0.15) is 17.4 Å². The fourth-order valence-corrected chi connectivity index (χ4v) is 4.17. The highest BCUT2D eigenvalue weighted by molar-refractivity contribution is 5.34. The largest absolute Gasteiger partial charge is 0.491 e. The molecule has 0 fully saturated rings. The van der Waals surface area contributed by atoms with Crippen LogP contribution >= 0.6 is 0 Å². The minimum absolute atomic E-state index is 0.0206. The molecule has 0 bridgehead atoms. The molecule has 3 aromatic rings. The Balaban J connectivity index is 1.42. The quantitative estimate of drug-likeness (QED) is 0.535. The van der Waals surface area contributed by atoms with E-state index < -0.39 is 0 Å². The van der Waals surface area contributed by atoms with Gasteiger partial charge in [-0.25, -0.2) is 8.78 Å². The smallest absolute Gasteiger partial charge is 0.256 e. The summed E-state index contributed by atoms with van der Waals surface area (Å²) >= 11 is 0. The zero-order valence-corrected chi connectivity index (χ0v) is 16.1. The number of nitrogens with one attached hydrogen (secondary N) is 1. The van der Waals surface area contributed by atoms with Gasteiger partial charge >= 0.3 is 0 Å². The average molecular weight is 398 g/mol. The van der Waals surface area contributed by atoms with Gasteiger partial charge in [-0.3, -0.25) is 0 Å². The van der Waals surface area contributed by atoms with Crippen molar-refractivity contribution in [3.05, 3.63) is 82.6 Å². The number of aromatic hydroxyl groups is 1. The van der Waals surface area contributed by atoms with Gasteiger partial charge in [0.05, 0.1) is 5.56 Å². The highest BCUT2D eigenvalue weighted by Crippen LogP contribution is 2.36. The van der Waals surface area contributed by atoms with Crippen LogP contribution in [0.15, 0.2) is 53.1 Å². The predicted molar refractivity (Wildman–Crippen MR) is 106 cm³/mol. The van der Waals surface area contributed by atoms with Gasteiger partial charge in [-0.1, -0.05) is 24.3 Å². The maximum Gasteiger partial charge on any atom is 0.256 e. The van der Waals surface area contributed by atoms with Crippen LogP contribution in [0.2, 0.25) is 0 Å². The summed E-state index contributed by atoms with van der Waals surface area (Å²) in [7, 11) is 0. The van der Waals surface area contributed by atoms with Crippen LogP contribution in [-0.2, 0) is 6.42 Å². The van der Waals surface area contributed by atoms with E-state index >= 15 is 0 Å². The number of fused-ring (bicyclic) bond motifs is 1. The summed E-state index contributed by atoms with van der Waals surface area (Å²) in [4.78, 5) is 0. The van der Waals surface area contributed by atoms with Gasteiger partial charge in [-0.05, 0) is 72.8 Å². The monoisotopic (exact) mass is 398 g/mol. The van der Waals surface area contributed by atoms with E-state index in [9.17, 15) is 13.9 Å². The van der Waals surface area contributed by atoms with Crippen molar-refractivity contribution in [3.8, 4) is 5.88 Å². The second kappa shape index (κ2) is 8.74. The Labute approximate surface area is 168 Å². The molecule has 1 aliphatic carbocycles. The first kappa shape index (κ1) is 19.6. The third-order valence-corrected chi connectivity index (χ3v) is 5.63. The van der Waals surface area contributed by atoms with Gasteiger partial charge in [-0.15, -0.1) is 0 Å². The fraction of sp³-hybridized carbons (Fsp3) is 0.348. The van der Waals surface area contributed by atoms with Crippen LogP contribution < -0.4 is 5.32 Å². The molecule has 0 radical (unpaired) electrons. The third kappa shape index (κ3) is 4.48. The van der Waals surface area contributed by atoms with Crippen LogP contribution in [0.3, 0.4) is 0 Å². The molecular formula is C23H24F2N2O2. The first-order valence-electron chi connectivity index (χ1n) is 10.0. The Morgan fingerprint density at radius 2 is 1.66 bits per heavy atom. The summed E-state index contributed by atoms with van der Waals surface area (Å²) in [6.07, 6.45) is 4.43. The molecule has 29 heavy (non-hydrogen) atoms. The fourth-order valence-electron chi connectivity index (χ4n) is 4.17. The van der Waals surface area contributed by atoms with Crippen LogP contribution in [0, 0.1) is 11.6 Å². The van der Waals surface area contributed by atoms with Crippen molar-refractivity contribution < 1.29 is 18.4 Å². The first-order chi connectivity index (χ1) is 14.1. The molecular weight excluding hydrogens is 374 g/mol. The van der Waals surface area contributed by atoms with Crippen LogP contribution in [0.25, 0.3) is 0 Å². The van der Waals surface area contributed by atoms with Crippen molar-refractivity contribution >= 4 is 0 Å². The van der Waals surface area contributed by atoms with E-state index in [1.165, 1.54) is 24.3 Å². The standard InChI is InChI=1S/C23H24F2N2O2/c24-17-10-6-15(7-11-17)19(16-8-12-18(25)13-9-16)3-2-14-26-20-4-1-5-21-22(20)23(28)27-29-21/h6-13,19-20,26H,1-5,14H2,(H,27,28). The normalized spacial score (nSPS) is 16.2. The van der Waals surface area contributed by atoms with Gasteiger partial charge < -0.3 is 14.9 Å². The lowest BCUT2D eigenvalue weighted by Gasteiger charge is -2.23. The molecule has 0 saturated carbocycles. The molecule has 152 valence electrons. The number of halogens is 2. The zero-order valence-electron chi connectivity index (χ0n) is 16.1. The number of hydrogen-bond donors (Lipinski definition) is 2. The Hall–Kier alpha value is -2.73. The Kier molecular flexibility index (Phi) is 5.90. The van der Waals surface area contributed by atoms with Crippen LogP contribution in [0.1, 0.15) is 60.1 Å². The van der Waals surface area contributed by atoms with E-state index in [0.29, 0.717) is 0 Å². The van der Waals surface area contributed by atoms with E-state index in [1.807, 2.05) is 0 Å². The Bertz CT molecular complexity index is 893. The van der Waals surface area contributed by atoms with Gasteiger partial charge in [0, 0.05) is 18.4 Å². The lowest BCUT2D eigenvalue weighted by molar-refractivity contribution is 0.336. The average Bonchev–Trinajstić information content (AvgIpc) is 3.12. The van der Waals surface area contributed by atoms with E-state index in [-0.39, 0.29) is 29.5 Å². The van der Waals surface area contributed by atoms with Crippen molar-refractivity contribution in [2.24, 2.45) is 0 Å². The molecule has 0 aliphatic heterocycles. The number of benzene rings is 2. The Morgan fingerprint density at radius 1 is 1.03 bits per heavy atom. The van der Waals surface area contributed by atoms with Gasteiger partial charge in [0.25, 0.3) is 5.88 Å². The lowest BCUT2D eigenvalue weighted by atomic mass is 9.87. The molecule has 2 N–H and O–H groups in total. The maximum atomic E-state index is 13.4. The van der Waals surface area contributed by atoms with E-state index in [4.69, 9.17) is 4.52 Å². The van der Waals surface area contributed by atoms with Crippen LogP contribution in [0.5, 0.6) is 5.88 Å². The molecule has 1 unspecified atom stereocenters. The second-order valence-corrected chi connectivity index (χ2v) is 7.54. The molecule has 0 spiro atoms. The molecule has 4 rings (SSSR count). The molecule has 1 aromatic heterocycles. The number of rotatable bonds is 7. The van der Waals surface area contributed by atoms with Crippen molar-refractivity contribution in [1.82, 2.24) is 10.5 Å². The molecule has 6 heteroatoms. The number of hydrogen-bond acceptors (Lipinski definition) is 4. The number of aryl methyl sites for hydroxylation is 1. The topological polar surface area (TPSA) is 58.3 Å². The molecule has 1 aliphatic rings. The molecule has 0 saturated heterocycles. The molecule has 4 nitrogen and oxygen atoms in total. The zero-order chi connectivity index (χ0) is 20.2. The summed E-state index contributed by atoms with van der Waals surface area (Å²) in [6, 6.07) is 13.0. The molecule has 1 atom stereocenters. The predicted octanol–water partition coefficient (Wildman–Crippen LogP) is 5.24.